The highest BCUT2D eigenvalue weighted by Gasteiger charge is 2.22. The number of aromatic nitrogens is 1. The first-order chi connectivity index (χ1) is 14.1. The van der Waals surface area contributed by atoms with E-state index in [9.17, 15) is 9.00 Å². The number of benzene rings is 2. The molecule has 1 aliphatic heterocycles. The standard InChI is InChI=1S/C20H20ClN3O2S.C2H6/c1-14(25)17-13-24(27(26)16-5-2-4-15(21)12-16)19-7-3-6-18(20(17)19)23-10-8-22-9-11-23;1-2/h2-7,12-13,22H,8-11H2,1H3;1-2H3. The van der Waals surface area contributed by atoms with Crippen LogP contribution in [0.15, 0.2) is 53.6 Å². The van der Waals surface area contributed by atoms with E-state index < -0.39 is 11.0 Å². The van der Waals surface area contributed by atoms with Crippen LogP contribution >= 0.6 is 11.6 Å². The summed E-state index contributed by atoms with van der Waals surface area (Å²) in [4.78, 5) is 15.2. The van der Waals surface area contributed by atoms with Crippen LogP contribution in [-0.2, 0) is 11.0 Å². The maximum Gasteiger partial charge on any atom is 0.162 e. The van der Waals surface area contributed by atoms with E-state index in [-0.39, 0.29) is 5.78 Å². The highest BCUT2D eigenvalue weighted by molar-refractivity contribution is 7.83. The Balaban J connectivity index is 0.00000117. The summed E-state index contributed by atoms with van der Waals surface area (Å²) in [6.07, 6.45) is 1.70. The van der Waals surface area contributed by atoms with Crippen LogP contribution in [0.2, 0.25) is 5.02 Å². The Morgan fingerprint density at radius 1 is 1.10 bits per heavy atom. The highest BCUT2D eigenvalue weighted by atomic mass is 35.5. The van der Waals surface area contributed by atoms with E-state index in [1.54, 1.807) is 41.4 Å². The summed E-state index contributed by atoms with van der Waals surface area (Å²) in [6.45, 7) is 9.11. The summed E-state index contributed by atoms with van der Waals surface area (Å²) >= 11 is 6.07. The van der Waals surface area contributed by atoms with E-state index in [1.165, 1.54) is 0 Å². The fourth-order valence-electron chi connectivity index (χ4n) is 3.50. The Labute approximate surface area is 179 Å². The molecule has 2 heterocycles. The van der Waals surface area contributed by atoms with Crippen LogP contribution in [-0.4, -0.2) is 40.1 Å². The number of carbonyl (C=O) groups excluding carboxylic acids is 1. The first kappa shape index (κ1) is 21.6. The van der Waals surface area contributed by atoms with Crippen molar-refractivity contribution in [2.45, 2.75) is 25.7 Å². The third kappa shape index (κ3) is 4.39. The number of nitrogens with zero attached hydrogens (tertiary/aromatic N) is 2. The second kappa shape index (κ2) is 9.57. The van der Waals surface area contributed by atoms with Gasteiger partial charge < -0.3 is 10.2 Å². The van der Waals surface area contributed by atoms with Crippen LogP contribution in [0, 0.1) is 0 Å². The molecule has 0 radical (unpaired) electrons. The lowest BCUT2D eigenvalue weighted by molar-refractivity contribution is 0.101. The zero-order chi connectivity index (χ0) is 21.0. The lowest BCUT2D eigenvalue weighted by Crippen LogP contribution is -2.43. The number of carbonyl (C=O) groups is 1. The summed E-state index contributed by atoms with van der Waals surface area (Å²) in [5, 5.41) is 4.74. The summed E-state index contributed by atoms with van der Waals surface area (Å²) < 4.78 is 14.9. The molecule has 0 spiro atoms. The van der Waals surface area contributed by atoms with Gasteiger partial charge in [0.2, 0.25) is 0 Å². The van der Waals surface area contributed by atoms with Crippen LogP contribution in [0.1, 0.15) is 31.1 Å². The van der Waals surface area contributed by atoms with Gasteiger partial charge in [-0.3, -0.25) is 8.77 Å². The monoisotopic (exact) mass is 431 g/mol. The molecule has 7 heteroatoms. The third-order valence-corrected chi connectivity index (χ3v) is 6.34. The van der Waals surface area contributed by atoms with Crippen LogP contribution in [0.3, 0.4) is 0 Å². The molecule has 154 valence electrons. The number of Topliss-reactive ketones (excluding diaryl/α,β-unsaturated/α-hetero) is 1. The lowest BCUT2D eigenvalue weighted by Gasteiger charge is -2.30. The van der Waals surface area contributed by atoms with Crippen LogP contribution in [0.4, 0.5) is 5.69 Å². The normalized spacial score (nSPS) is 15.0. The van der Waals surface area contributed by atoms with Crippen LogP contribution in [0.25, 0.3) is 10.9 Å². The van der Waals surface area contributed by atoms with Crippen molar-refractivity contribution in [2.75, 3.05) is 31.1 Å². The molecule has 1 aromatic heterocycles. The van der Waals surface area contributed by atoms with Crippen molar-refractivity contribution < 1.29 is 9.00 Å². The summed E-state index contributed by atoms with van der Waals surface area (Å²) in [5.41, 5.74) is 2.39. The van der Waals surface area contributed by atoms with E-state index in [4.69, 9.17) is 11.6 Å². The molecule has 2 aromatic carbocycles. The number of hydrogen-bond donors (Lipinski definition) is 1. The Bertz CT molecular complexity index is 1040. The van der Waals surface area contributed by atoms with Crippen LogP contribution < -0.4 is 10.2 Å². The van der Waals surface area contributed by atoms with Crippen molar-refractivity contribution >= 4 is 45.0 Å². The Hall–Kier alpha value is -2.15. The van der Waals surface area contributed by atoms with Gasteiger partial charge in [0.15, 0.2) is 16.8 Å². The van der Waals surface area contributed by atoms with Gasteiger partial charge in [-0.2, -0.15) is 0 Å². The first-order valence-electron chi connectivity index (χ1n) is 9.85. The van der Waals surface area contributed by atoms with E-state index in [1.807, 2.05) is 32.0 Å². The molecule has 1 atom stereocenters. The number of rotatable bonds is 4. The number of halogens is 1. The Morgan fingerprint density at radius 3 is 2.45 bits per heavy atom. The van der Waals surface area contributed by atoms with Crippen molar-refractivity contribution in [2.24, 2.45) is 0 Å². The van der Waals surface area contributed by atoms with Gasteiger partial charge in [-0.1, -0.05) is 37.6 Å². The summed E-state index contributed by atoms with van der Waals surface area (Å²) in [5.74, 6) is -0.0376. The maximum absolute atomic E-state index is 13.2. The fraction of sp³-hybridized carbons (Fsp3) is 0.318. The molecular formula is C22H26ClN3O2S. The minimum absolute atomic E-state index is 0.0376. The highest BCUT2D eigenvalue weighted by Crippen LogP contribution is 2.33. The number of fused-ring (bicyclic) bond motifs is 1. The Morgan fingerprint density at radius 2 is 1.79 bits per heavy atom. The summed E-state index contributed by atoms with van der Waals surface area (Å²) in [6, 6.07) is 12.9. The van der Waals surface area contributed by atoms with Crippen molar-refractivity contribution in [1.29, 1.82) is 0 Å². The predicted molar refractivity (Wildman–Crippen MR) is 122 cm³/mol. The third-order valence-electron chi connectivity index (χ3n) is 4.79. The average molecular weight is 432 g/mol. The second-order valence-corrected chi connectivity index (χ2v) is 8.34. The van der Waals surface area contributed by atoms with Gasteiger partial charge >= 0.3 is 0 Å². The minimum Gasteiger partial charge on any atom is -0.368 e. The van der Waals surface area contributed by atoms with Gasteiger partial charge in [0.1, 0.15) is 0 Å². The molecule has 0 aliphatic carbocycles. The number of piperazine rings is 1. The molecule has 4 rings (SSSR count). The quantitative estimate of drug-likeness (QED) is 0.618. The molecule has 1 aliphatic rings. The first-order valence-corrected chi connectivity index (χ1v) is 11.3. The van der Waals surface area contributed by atoms with Crippen LogP contribution in [0.5, 0.6) is 0 Å². The molecule has 0 amide bonds. The lowest BCUT2D eigenvalue weighted by atomic mass is 10.1. The molecule has 5 nitrogen and oxygen atoms in total. The van der Waals surface area contributed by atoms with Gasteiger partial charge in [0, 0.05) is 54.0 Å². The van der Waals surface area contributed by atoms with Crippen molar-refractivity contribution in [1.82, 2.24) is 9.29 Å². The van der Waals surface area contributed by atoms with Crippen molar-refractivity contribution in [3.63, 3.8) is 0 Å². The van der Waals surface area contributed by atoms with E-state index in [2.05, 4.69) is 10.2 Å². The zero-order valence-electron chi connectivity index (χ0n) is 16.9. The molecule has 3 aromatic rings. The molecule has 1 unspecified atom stereocenters. The topological polar surface area (TPSA) is 54.3 Å². The fourth-order valence-corrected chi connectivity index (χ4v) is 4.94. The molecule has 1 fully saturated rings. The molecule has 0 bridgehead atoms. The van der Waals surface area contributed by atoms with Gasteiger partial charge in [-0.25, -0.2) is 4.21 Å². The molecule has 0 saturated carbocycles. The van der Waals surface area contributed by atoms with E-state index in [0.717, 1.165) is 42.8 Å². The molecule has 29 heavy (non-hydrogen) atoms. The number of hydrogen-bond acceptors (Lipinski definition) is 4. The van der Waals surface area contributed by atoms with Gasteiger partial charge in [-0.15, -0.1) is 0 Å². The Kier molecular flexibility index (Phi) is 7.11. The van der Waals surface area contributed by atoms with Crippen molar-refractivity contribution in [3.8, 4) is 0 Å². The number of nitrogens with one attached hydrogen (secondary N) is 1. The zero-order valence-corrected chi connectivity index (χ0v) is 18.5. The largest absolute Gasteiger partial charge is 0.368 e. The van der Waals surface area contributed by atoms with Gasteiger partial charge in [-0.05, 0) is 37.3 Å². The SMILES string of the molecule is CC.CC(=O)c1cn(S(=O)c2cccc(Cl)c2)c2cccc(N3CCNCC3)c12. The molecular weight excluding hydrogens is 406 g/mol. The van der Waals surface area contributed by atoms with Gasteiger partial charge in [0.25, 0.3) is 0 Å². The maximum atomic E-state index is 13.2. The average Bonchev–Trinajstić information content (AvgIpc) is 3.15. The molecule has 1 saturated heterocycles. The van der Waals surface area contributed by atoms with E-state index >= 15 is 0 Å². The summed E-state index contributed by atoms with van der Waals surface area (Å²) in [7, 11) is -1.49. The smallest absolute Gasteiger partial charge is 0.162 e. The second-order valence-electron chi connectivity index (χ2n) is 6.54. The predicted octanol–water partition coefficient (Wildman–Crippen LogP) is 4.50. The van der Waals surface area contributed by atoms with Gasteiger partial charge in [0.05, 0.1) is 10.4 Å². The minimum atomic E-state index is -1.49. The van der Waals surface area contributed by atoms with E-state index in [0.29, 0.717) is 15.5 Å². The van der Waals surface area contributed by atoms with Crippen molar-refractivity contribution in [3.05, 3.63) is 59.2 Å². The number of ketones is 1. The number of anilines is 1. The molecule has 1 N–H and O–H groups in total.